The maximum absolute atomic E-state index is 11.9. The highest BCUT2D eigenvalue weighted by Gasteiger charge is 2.18. The highest BCUT2D eigenvalue weighted by atomic mass is 16.5. The van der Waals surface area contributed by atoms with E-state index in [9.17, 15) is 4.79 Å². The van der Waals surface area contributed by atoms with Crippen molar-refractivity contribution in [2.45, 2.75) is 19.0 Å². The maximum Gasteiger partial charge on any atom is 0.323 e. The molecule has 4 heteroatoms. The Bertz CT molecular complexity index is 581. The third kappa shape index (κ3) is 4.60. The molecule has 0 aliphatic carbocycles. The first-order valence-electron chi connectivity index (χ1n) is 7.21. The van der Waals surface area contributed by atoms with Gasteiger partial charge in [0, 0.05) is 6.54 Å². The number of carbonyl (C=O) groups excluding carboxylic acids is 1. The van der Waals surface area contributed by atoms with Crippen LogP contribution in [0.5, 0.6) is 5.75 Å². The number of hydrogen-bond acceptors (Lipinski definition) is 4. The summed E-state index contributed by atoms with van der Waals surface area (Å²) < 4.78 is 10.0. The first kappa shape index (κ1) is 16.0. The van der Waals surface area contributed by atoms with Crippen LogP contribution in [0.15, 0.2) is 54.6 Å². The molecule has 1 N–H and O–H groups in total. The Morgan fingerprint density at radius 1 is 1.00 bits per heavy atom. The maximum atomic E-state index is 11.9. The summed E-state index contributed by atoms with van der Waals surface area (Å²) in [6.07, 6.45) is 0.601. The van der Waals surface area contributed by atoms with Crippen molar-refractivity contribution in [3.8, 4) is 5.75 Å². The van der Waals surface area contributed by atoms with Gasteiger partial charge in [0.05, 0.1) is 14.2 Å². The number of methoxy groups -OCH3 is 2. The van der Waals surface area contributed by atoms with Crippen LogP contribution in [0.1, 0.15) is 11.1 Å². The topological polar surface area (TPSA) is 47.6 Å². The number of ether oxygens (including phenoxy) is 2. The molecule has 22 heavy (non-hydrogen) atoms. The summed E-state index contributed by atoms with van der Waals surface area (Å²) in [5, 5.41) is 3.26. The number of nitrogens with one attached hydrogen (secondary N) is 1. The minimum Gasteiger partial charge on any atom is -0.497 e. The largest absolute Gasteiger partial charge is 0.497 e. The molecule has 0 amide bonds. The molecule has 0 bridgehead atoms. The normalized spacial score (nSPS) is 11.7. The highest BCUT2D eigenvalue weighted by molar-refractivity contribution is 5.76. The van der Waals surface area contributed by atoms with Crippen LogP contribution in [-0.4, -0.2) is 26.2 Å². The van der Waals surface area contributed by atoms with E-state index in [1.807, 2.05) is 54.6 Å². The van der Waals surface area contributed by atoms with Gasteiger partial charge in [-0.3, -0.25) is 4.79 Å². The van der Waals surface area contributed by atoms with Gasteiger partial charge in [-0.15, -0.1) is 0 Å². The van der Waals surface area contributed by atoms with Crippen molar-refractivity contribution in [2.24, 2.45) is 0 Å². The fourth-order valence-corrected chi connectivity index (χ4v) is 2.22. The lowest BCUT2D eigenvalue weighted by Gasteiger charge is -2.16. The summed E-state index contributed by atoms with van der Waals surface area (Å²) >= 11 is 0. The highest BCUT2D eigenvalue weighted by Crippen LogP contribution is 2.12. The van der Waals surface area contributed by atoms with Gasteiger partial charge in [0.25, 0.3) is 0 Å². The molecule has 0 aliphatic rings. The Morgan fingerprint density at radius 3 is 2.27 bits per heavy atom. The second-order valence-electron chi connectivity index (χ2n) is 4.99. The van der Waals surface area contributed by atoms with E-state index in [0.29, 0.717) is 13.0 Å². The zero-order chi connectivity index (χ0) is 15.8. The van der Waals surface area contributed by atoms with Crippen LogP contribution in [0.4, 0.5) is 0 Å². The number of rotatable bonds is 7. The third-order valence-electron chi connectivity index (χ3n) is 3.48. The molecular weight excluding hydrogens is 278 g/mol. The van der Waals surface area contributed by atoms with Crippen LogP contribution in [-0.2, 0) is 22.5 Å². The number of carbonyl (C=O) groups is 1. The van der Waals surface area contributed by atoms with Crippen molar-refractivity contribution >= 4 is 5.97 Å². The van der Waals surface area contributed by atoms with Crippen LogP contribution in [0, 0.1) is 0 Å². The first-order valence-corrected chi connectivity index (χ1v) is 7.21. The quantitative estimate of drug-likeness (QED) is 0.798. The molecule has 2 aromatic carbocycles. The molecule has 1 atom stereocenters. The second-order valence-corrected chi connectivity index (χ2v) is 4.99. The Morgan fingerprint density at radius 2 is 1.68 bits per heavy atom. The van der Waals surface area contributed by atoms with Gasteiger partial charge < -0.3 is 14.8 Å². The molecule has 2 rings (SSSR count). The Hall–Kier alpha value is -2.33. The smallest absolute Gasteiger partial charge is 0.323 e. The van der Waals surface area contributed by atoms with Crippen LogP contribution in [0.3, 0.4) is 0 Å². The summed E-state index contributed by atoms with van der Waals surface area (Å²) in [4.78, 5) is 11.9. The lowest BCUT2D eigenvalue weighted by molar-refractivity contribution is -0.143. The van der Waals surface area contributed by atoms with Gasteiger partial charge in [0.1, 0.15) is 11.8 Å². The van der Waals surface area contributed by atoms with Crippen molar-refractivity contribution in [3.05, 3.63) is 65.7 Å². The molecule has 0 unspecified atom stereocenters. The molecule has 0 fully saturated rings. The molecule has 0 aromatic heterocycles. The molecule has 0 aliphatic heterocycles. The second kappa shape index (κ2) is 8.20. The number of esters is 1. The summed E-state index contributed by atoms with van der Waals surface area (Å²) in [5.41, 5.74) is 2.18. The molecular formula is C18H21NO3. The standard InChI is InChI=1S/C18H21NO3/c1-21-16-10-8-15(9-11-16)13-19-17(18(20)22-2)12-14-6-4-3-5-7-14/h3-11,17,19H,12-13H2,1-2H3/t17-/m0/s1. The summed E-state index contributed by atoms with van der Waals surface area (Å²) in [5.74, 6) is 0.565. The van der Waals surface area contributed by atoms with E-state index in [1.165, 1.54) is 7.11 Å². The van der Waals surface area contributed by atoms with E-state index in [-0.39, 0.29) is 12.0 Å². The van der Waals surface area contributed by atoms with E-state index in [4.69, 9.17) is 9.47 Å². The average molecular weight is 299 g/mol. The average Bonchev–Trinajstić information content (AvgIpc) is 2.59. The monoisotopic (exact) mass is 299 g/mol. The Kier molecular flexibility index (Phi) is 5.98. The fourth-order valence-electron chi connectivity index (χ4n) is 2.22. The van der Waals surface area contributed by atoms with Gasteiger partial charge in [0.2, 0.25) is 0 Å². The summed E-state index contributed by atoms with van der Waals surface area (Å²) in [7, 11) is 3.05. The molecule has 0 spiro atoms. The van der Waals surface area contributed by atoms with E-state index < -0.39 is 0 Å². The minimum atomic E-state index is -0.366. The van der Waals surface area contributed by atoms with Crippen molar-refractivity contribution < 1.29 is 14.3 Å². The SMILES string of the molecule is COC(=O)[C@H](Cc1ccccc1)NCc1ccc(OC)cc1. The summed E-state index contributed by atoms with van der Waals surface area (Å²) in [6, 6.07) is 17.3. The first-order chi connectivity index (χ1) is 10.7. The summed E-state index contributed by atoms with van der Waals surface area (Å²) in [6.45, 7) is 0.594. The fraction of sp³-hybridized carbons (Fsp3) is 0.278. The lowest BCUT2D eigenvalue weighted by atomic mass is 10.1. The van der Waals surface area contributed by atoms with Crippen LogP contribution in [0.25, 0.3) is 0 Å². The molecule has 0 radical (unpaired) electrons. The van der Waals surface area contributed by atoms with Gasteiger partial charge in [0.15, 0.2) is 0 Å². The van der Waals surface area contributed by atoms with Crippen molar-refractivity contribution in [3.63, 3.8) is 0 Å². The van der Waals surface area contributed by atoms with Gasteiger partial charge in [-0.1, -0.05) is 42.5 Å². The predicted octanol–water partition coefficient (Wildman–Crippen LogP) is 2.57. The van der Waals surface area contributed by atoms with Gasteiger partial charge in [-0.05, 0) is 29.7 Å². The van der Waals surface area contributed by atoms with E-state index >= 15 is 0 Å². The molecule has 0 saturated carbocycles. The van der Waals surface area contributed by atoms with Gasteiger partial charge >= 0.3 is 5.97 Å². The van der Waals surface area contributed by atoms with E-state index in [0.717, 1.165) is 16.9 Å². The Labute approximate surface area is 131 Å². The van der Waals surface area contributed by atoms with Gasteiger partial charge in [-0.25, -0.2) is 0 Å². The molecule has 116 valence electrons. The Balaban J connectivity index is 1.98. The van der Waals surface area contributed by atoms with Crippen molar-refractivity contribution in [1.29, 1.82) is 0 Å². The minimum absolute atomic E-state index is 0.252. The zero-order valence-corrected chi connectivity index (χ0v) is 12.9. The van der Waals surface area contributed by atoms with Crippen molar-refractivity contribution in [2.75, 3.05) is 14.2 Å². The third-order valence-corrected chi connectivity index (χ3v) is 3.48. The van der Waals surface area contributed by atoms with E-state index in [1.54, 1.807) is 7.11 Å². The van der Waals surface area contributed by atoms with Gasteiger partial charge in [-0.2, -0.15) is 0 Å². The molecule has 2 aromatic rings. The number of hydrogen-bond donors (Lipinski definition) is 1. The van der Waals surface area contributed by atoms with Crippen molar-refractivity contribution in [1.82, 2.24) is 5.32 Å². The molecule has 0 saturated heterocycles. The zero-order valence-electron chi connectivity index (χ0n) is 12.9. The van der Waals surface area contributed by atoms with Crippen LogP contribution in [0.2, 0.25) is 0 Å². The molecule has 0 heterocycles. The number of benzene rings is 2. The van der Waals surface area contributed by atoms with Crippen LogP contribution < -0.4 is 10.1 Å². The molecule has 4 nitrogen and oxygen atoms in total. The lowest BCUT2D eigenvalue weighted by Crippen LogP contribution is -2.39. The van der Waals surface area contributed by atoms with Crippen LogP contribution >= 0.6 is 0 Å². The van der Waals surface area contributed by atoms with E-state index in [2.05, 4.69) is 5.32 Å². The predicted molar refractivity (Wildman–Crippen MR) is 85.8 cm³/mol.